The van der Waals surface area contributed by atoms with Crippen molar-refractivity contribution in [3.05, 3.63) is 44.3 Å². The standard InChI is InChI=1S/C13H11Cl2N3OS/c14-11-5-10(12(15)17-16-11)13(19)18(9-1-2-9)6-8-3-4-20-7-8/h3-5,7,9H,1-2,6H2. The van der Waals surface area contributed by atoms with Crippen LogP contribution in [0, 0.1) is 0 Å². The van der Waals surface area contributed by atoms with Crippen LogP contribution in [0.2, 0.25) is 10.3 Å². The second-order valence-corrected chi connectivity index (χ2v) is 6.19. The van der Waals surface area contributed by atoms with Gasteiger partial charge in [-0.1, -0.05) is 23.2 Å². The summed E-state index contributed by atoms with van der Waals surface area (Å²) in [7, 11) is 0. The van der Waals surface area contributed by atoms with Gasteiger partial charge in [0.2, 0.25) is 0 Å². The lowest BCUT2D eigenvalue weighted by Gasteiger charge is -2.22. The summed E-state index contributed by atoms with van der Waals surface area (Å²) >= 11 is 13.4. The van der Waals surface area contributed by atoms with Crippen molar-refractivity contribution in [2.45, 2.75) is 25.4 Å². The summed E-state index contributed by atoms with van der Waals surface area (Å²) in [4.78, 5) is 14.5. The highest BCUT2D eigenvalue weighted by atomic mass is 35.5. The van der Waals surface area contributed by atoms with Crippen LogP contribution in [-0.4, -0.2) is 27.0 Å². The largest absolute Gasteiger partial charge is 0.331 e. The number of thiophene rings is 1. The molecular formula is C13H11Cl2N3OS. The smallest absolute Gasteiger partial charge is 0.257 e. The Morgan fingerprint density at radius 3 is 2.85 bits per heavy atom. The van der Waals surface area contributed by atoms with E-state index in [1.807, 2.05) is 21.7 Å². The number of carbonyl (C=O) groups is 1. The summed E-state index contributed by atoms with van der Waals surface area (Å²) in [6, 6.07) is 3.78. The molecule has 0 aromatic carbocycles. The van der Waals surface area contributed by atoms with Crippen LogP contribution in [-0.2, 0) is 6.54 Å². The molecule has 0 saturated heterocycles. The topological polar surface area (TPSA) is 46.1 Å². The van der Waals surface area contributed by atoms with Gasteiger partial charge in [0.05, 0.1) is 5.56 Å². The molecule has 1 aliphatic rings. The van der Waals surface area contributed by atoms with Crippen molar-refractivity contribution in [1.29, 1.82) is 0 Å². The molecule has 104 valence electrons. The Morgan fingerprint density at radius 1 is 1.40 bits per heavy atom. The molecule has 1 aliphatic carbocycles. The Kier molecular flexibility index (Phi) is 3.92. The van der Waals surface area contributed by atoms with Crippen LogP contribution in [0.3, 0.4) is 0 Å². The van der Waals surface area contributed by atoms with E-state index in [-0.39, 0.29) is 22.3 Å². The summed E-state index contributed by atoms with van der Waals surface area (Å²) in [6.07, 6.45) is 2.06. The van der Waals surface area contributed by atoms with Crippen molar-refractivity contribution in [3.8, 4) is 0 Å². The van der Waals surface area contributed by atoms with Gasteiger partial charge in [-0.2, -0.15) is 11.3 Å². The maximum Gasteiger partial charge on any atom is 0.257 e. The highest BCUT2D eigenvalue weighted by molar-refractivity contribution is 7.07. The number of halogens is 2. The average molecular weight is 328 g/mol. The van der Waals surface area contributed by atoms with Gasteiger partial charge in [-0.3, -0.25) is 4.79 Å². The fourth-order valence-electron chi connectivity index (χ4n) is 1.99. The Bertz CT molecular complexity index is 629. The van der Waals surface area contributed by atoms with E-state index in [9.17, 15) is 4.79 Å². The number of rotatable bonds is 4. The van der Waals surface area contributed by atoms with E-state index in [1.165, 1.54) is 6.07 Å². The summed E-state index contributed by atoms with van der Waals surface area (Å²) in [5, 5.41) is 11.6. The zero-order valence-electron chi connectivity index (χ0n) is 10.4. The molecule has 3 rings (SSSR count). The van der Waals surface area contributed by atoms with Crippen molar-refractivity contribution in [1.82, 2.24) is 15.1 Å². The summed E-state index contributed by atoms with van der Waals surface area (Å²) < 4.78 is 0. The van der Waals surface area contributed by atoms with Gasteiger partial charge >= 0.3 is 0 Å². The predicted molar refractivity (Wildman–Crippen MR) is 79.3 cm³/mol. The molecule has 20 heavy (non-hydrogen) atoms. The maximum absolute atomic E-state index is 12.6. The molecule has 0 unspecified atom stereocenters. The summed E-state index contributed by atoms with van der Waals surface area (Å²) in [5.41, 5.74) is 1.44. The van der Waals surface area contributed by atoms with E-state index >= 15 is 0 Å². The first-order chi connectivity index (χ1) is 9.65. The molecule has 1 fully saturated rings. The van der Waals surface area contributed by atoms with E-state index in [2.05, 4.69) is 10.2 Å². The van der Waals surface area contributed by atoms with Crippen LogP contribution in [0.1, 0.15) is 28.8 Å². The van der Waals surface area contributed by atoms with Crippen LogP contribution in [0.4, 0.5) is 0 Å². The quantitative estimate of drug-likeness (QED) is 0.861. The van der Waals surface area contributed by atoms with Gasteiger partial charge in [0.15, 0.2) is 10.3 Å². The lowest BCUT2D eigenvalue weighted by molar-refractivity contribution is 0.0729. The van der Waals surface area contributed by atoms with Crippen molar-refractivity contribution < 1.29 is 4.79 Å². The van der Waals surface area contributed by atoms with Crippen LogP contribution < -0.4 is 0 Å². The maximum atomic E-state index is 12.6. The van der Waals surface area contributed by atoms with Gasteiger partial charge in [0.25, 0.3) is 5.91 Å². The zero-order valence-corrected chi connectivity index (χ0v) is 12.8. The van der Waals surface area contributed by atoms with E-state index in [4.69, 9.17) is 23.2 Å². The summed E-state index contributed by atoms with van der Waals surface area (Å²) in [6.45, 7) is 0.587. The Hall–Kier alpha value is -1.17. The molecular weight excluding hydrogens is 317 g/mol. The molecule has 0 N–H and O–H groups in total. The minimum absolute atomic E-state index is 0.0929. The minimum Gasteiger partial charge on any atom is -0.331 e. The predicted octanol–water partition coefficient (Wildman–Crippen LogP) is 3.65. The molecule has 1 saturated carbocycles. The number of hydrogen-bond donors (Lipinski definition) is 0. The Labute approximate surface area is 130 Å². The summed E-state index contributed by atoms with van der Waals surface area (Å²) in [5.74, 6) is -0.138. The zero-order chi connectivity index (χ0) is 14.1. The molecule has 0 spiro atoms. The molecule has 0 atom stereocenters. The highest BCUT2D eigenvalue weighted by Crippen LogP contribution is 2.31. The van der Waals surface area contributed by atoms with Gasteiger partial charge in [0, 0.05) is 12.6 Å². The second-order valence-electron chi connectivity index (χ2n) is 4.67. The van der Waals surface area contributed by atoms with E-state index in [0.717, 1.165) is 18.4 Å². The lowest BCUT2D eigenvalue weighted by Crippen LogP contribution is -2.32. The van der Waals surface area contributed by atoms with Crippen LogP contribution in [0.5, 0.6) is 0 Å². The third-order valence-electron chi connectivity index (χ3n) is 3.13. The third kappa shape index (κ3) is 2.95. The van der Waals surface area contributed by atoms with Crippen LogP contribution in [0.15, 0.2) is 22.9 Å². The van der Waals surface area contributed by atoms with E-state index in [1.54, 1.807) is 11.3 Å². The first kappa shape index (κ1) is 13.8. The molecule has 0 aliphatic heterocycles. The van der Waals surface area contributed by atoms with Crippen molar-refractivity contribution >= 4 is 40.4 Å². The molecule has 4 nitrogen and oxygen atoms in total. The number of hydrogen-bond acceptors (Lipinski definition) is 4. The Balaban J connectivity index is 1.87. The molecule has 2 heterocycles. The first-order valence-electron chi connectivity index (χ1n) is 6.16. The molecule has 2 aromatic rings. The van der Waals surface area contributed by atoms with Crippen LogP contribution >= 0.6 is 34.5 Å². The molecule has 0 radical (unpaired) electrons. The van der Waals surface area contributed by atoms with E-state index in [0.29, 0.717) is 12.1 Å². The third-order valence-corrected chi connectivity index (χ3v) is 4.33. The average Bonchev–Trinajstić information content (AvgIpc) is 3.15. The van der Waals surface area contributed by atoms with Crippen molar-refractivity contribution in [2.24, 2.45) is 0 Å². The molecule has 1 amide bonds. The Morgan fingerprint density at radius 2 is 2.20 bits per heavy atom. The van der Waals surface area contributed by atoms with Gasteiger partial charge in [-0.15, -0.1) is 10.2 Å². The van der Waals surface area contributed by atoms with Gasteiger partial charge in [-0.25, -0.2) is 0 Å². The number of nitrogens with zero attached hydrogens (tertiary/aromatic N) is 3. The number of amides is 1. The van der Waals surface area contributed by atoms with Crippen LogP contribution in [0.25, 0.3) is 0 Å². The molecule has 0 bridgehead atoms. The SMILES string of the molecule is O=C(c1cc(Cl)nnc1Cl)N(Cc1ccsc1)C1CC1. The van der Waals surface area contributed by atoms with E-state index < -0.39 is 0 Å². The van der Waals surface area contributed by atoms with Crippen molar-refractivity contribution in [2.75, 3.05) is 0 Å². The van der Waals surface area contributed by atoms with Gasteiger partial charge in [0.1, 0.15) is 0 Å². The molecule has 2 aromatic heterocycles. The van der Waals surface area contributed by atoms with Crippen molar-refractivity contribution in [3.63, 3.8) is 0 Å². The highest BCUT2D eigenvalue weighted by Gasteiger charge is 2.34. The molecule has 7 heteroatoms. The number of aromatic nitrogens is 2. The fourth-order valence-corrected chi connectivity index (χ4v) is 2.97. The number of carbonyl (C=O) groups excluding carboxylic acids is 1. The first-order valence-corrected chi connectivity index (χ1v) is 7.86. The minimum atomic E-state index is -0.138. The monoisotopic (exact) mass is 327 g/mol. The van der Waals surface area contributed by atoms with Gasteiger partial charge in [-0.05, 0) is 41.3 Å². The van der Waals surface area contributed by atoms with Gasteiger partial charge < -0.3 is 4.90 Å². The normalized spacial score (nSPS) is 14.3. The lowest BCUT2D eigenvalue weighted by atomic mass is 10.2. The fraction of sp³-hybridized carbons (Fsp3) is 0.308. The second kappa shape index (κ2) is 5.68.